The Balaban J connectivity index is 1.49. The maximum Gasteiger partial charge on any atom is 0.338 e. The van der Waals surface area contributed by atoms with E-state index in [1.54, 1.807) is 17.0 Å². The van der Waals surface area contributed by atoms with Gasteiger partial charge in [-0.3, -0.25) is 14.9 Å². The molecule has 4 rings (SSSR count). The molecular formula is C26H22ClN3O5. The maximum atomic E-state index is 13.3. The van der Waals surface area contributed by atoms with E-state index in [1.807, 2.05) is 42.5 Å². The molecule has 8 nitrogen and oxygen atoms in total. The molecule has 0 aliphatic carbocycles. The van der Waals surface area contributed by atoms with Gasteiger partial charge in [0.1, 0.15) is 5.58 Å². The van der Waals surface area contributed by atoms with Gasteiger partial charge in [-0.25, -0.2) is 4.79 Å². The molecule has 3 aromatic carbocycles. The summed E-state index contributed by atoms with van der Waals surface area (Å²) in [5.74, 6) is -0.320. The Morgan fingerprint density at radius 2 is 1.77 bits per heavy atom. The maximum absolute atomic E-state index is 13.3. The molecule has 0 aliphatic heterocycles. The summed E-state index contributed by atoms with van der Waals surface area (Å²) < 4.78 is 5.22. The van der Waals surface area contributed by atoms with Crippen molar-refractivity contribution in [3.63, 3.8) is 0 Å². The number of benzene rings is 3. The van der Waals surface area contributed by atoms with Crippen molar-refractivity contribution in [2.75, 3.05) is 18.4 Å². The first kappa shape index (κ1) is 24.0. The first-order chi connectivity index (χ1) is 16.9. The van der Waals surface area contributed by atoms with Crippen LogP contribution >= 0.6 is 11.6 Å². The van der Waals surface area contributed by atoms with Gasteiger partial charge in [-0.15, -0.1) is 0 Å². The molecule has 0 unspecified atom stereocenters. The minimum Gasteiger partial charge on any atom is -0.423 e. The number of nitrogens with zero attached hydrogens (tertiary/aromatic N) is 2. The van der Waals surface area contributed by atoms with E-state index in [9.17, 15) is 19.7 Å². The molecule has 1 N–H and O–H groups in total. The Hall–Kier alpha value is -4.17. The molecule has 0 saturated heterocycles. The molecule has 178 valence electrons. The van der Waals surface area contributed by atoms with Crippen LogP contribution in [0.3, 0.4) is 0 Å². The highest BCUT2D eigenvalue weighted by Crippen LogP contribution is 2.25. The zero-order valence-electron chi connectivity index (χ0n) is 18.6. The van der Waals surface area contributed by atoms with Gasteiger partial charge in [-0.1, -0.05) is 54.1 Å². The molecule has 4 aromatic rings. The monoisotopic (exact) mass is 491 g/mol. The van der Waals surface area contributed by atoms with Crippen LogP contribution in [0.2, 0.25) is 5.02 Å². The molecule has 1 amide bonds. The summed E-state index contributed by atoms with van der Waals surface area (Å²) in [6.07, 6.45) is 0.581. The lowest BCUT2D eigenvalue weighted by atomic mass is 10.1. The lowest BCUT2D eigenvalue weighted by Crippen LogP contribution is -2.32. The molecule has 35 heavy (non-hydrogen) atoms. The highest BCUT2D eigenvalue weighted by molar-refractivity contribution is 6.34. The summed E-state index contributed by atoms with van der Waals surface area (Å²) in [7, 11) is 0. The Kier molecular flexibility index (Phi) is 7.42. The van der Waals surface area contributed by atoms with E-state index in [4.69, 9.17) is 16.0 Å². The number of nitrogens with one attached hydrogen (secondary N) is 1. The number of para-hydroxylation sites is 1. The Morgan fingerprint density at radius 1 is 1.03 bits per heavy atom. The summed E-state index contributed by atoms with van der Waals surface area (Å²) in [5.41, 5.74) is 1.68. The van der Waals surface area contributed by atoms with Gasteiger partial charge in [0, 0.05) is 43.2 Å². The van der Waals surface area contributed by atoms with Crippen molar-refractivity contribution >= 4 is 39.9 Å². The van der Waals surface area contributed by atoms with E-state index < -0.39 is 10.5 Å². The van der Waals surface area contributed by atoms with Crippen LogP contribution in [0.4, 0.5) is 11.4 Å². The smallest absolute Gasteiger partial charge is 0.338 e. The number of rotatable bonds is 9. The van der Waals surface area contributed by atoms with Crippen molar-refractivity contribution in [2.24, 2.45) is 0 Å². The van der Waals surface area contributed by atoms with Gasteiger partial charge in [0.2, 0.25) is 0 Å². The van der Waals surface area contributed by atoms with E-state index in [0.717, 1.165) is 10.9 Å². The summed E-state index contributed by atoms with van der Waals surface area (Å²) >= 11 is 6.22. The number of carbonyl (C=O) groups excluding carboxylic acids is 1. The van der Waals surface area contributed by atoms with Crippen LogP contribution in [-0.2, 0) is 6.54 Å². The number of halogens is 1. The van der Waals surface area contributed by atoms with Crippen LogP contribution in [-0.4, -0.2) is 28.8 Å². The summed E-state index contributed by atoms with van der Waals surface area (Å²) in [4.78, 5) is 37.3. The van der Waals surface area contributed by atoms with Crippen molar-refractivity contribution in [3.05, 3.63) is 116 Å². The first-order valence-corrected chi connectivity index (χ1v) is 11.3. The lowest BCUT2D eigenvalue weighted by molar-refractivity contribution is -0.384. The number of hydrogen-bond acceptors (Lipinski definition) is 6. The minimum absolute atomic E-state index is 0.0304. The molecule has 1 aromatic heterocycles. The largest absolute Gasteiger partial charge is 0.423 e. The third-order valence-corrected chi connectivity index (χ3v) is 5.78. The fourth-order valence-corrected chi connectivity index (χ4v) is 4.02. The van der Waals surface area contributed by atoms with E-state index in [0.29, 0.717) is 37.3 Å². The van der Waals surface area contributed by atoms with Gasteiger partial charge in [0.15, 0.2) is 0 Å². The van der Waals surface area contributed by atoms with Gasteiger partial charge in [0.25, 0.3) is 11.6 Å². The molecule has 0 radical (unpaired) electrons. The van der Waals surface area contributed by atoms with Crippen LogP contribution in [0.25, 0.3) is 11.0 Å². The van der Waals surface area contributed by atoms with Crippen LogP contribution in [0, 0.1) is 10.1 Å². The van der Waals surface area contributed by atoms with Crippen LogP contribution in [0.5, 0.6) is 0 Å². The highest BCUT2D eigenvalue weighted by Gasteiger charge is 2.21. The zero-order chi connectivity index (χ0) is 24.8. The third kappa shape index (κ3) is 5.85. The van der Waals surface area contributed by atoms with Crippen molar-refractivity contribution in [3.8, 4) is 0 Å². The average Bonchev–Trinajstić information content (AvgIpc) is 2.85. The van der Waals surface area contributed by atoms with Crippen LogP contribution < -0.4 is 10.9 Å². The molecule has 0 fully saturated rings. The summed E-state index contributed by atoms with van der Waals surface area (Å²) in [6.45, 7) is 1.25. The molecule has 0 aliphatic rings. The second-order valence-electron chi connectivity index (χ2n) is 7.89. The zero-order valence-corrected chi connectivity index (χ0v) is 19.4. The number of nitro benzene ring substituents is 1. The molecule has 9 heteroatoms. The first-order valence-electron chi connectivity index (χ1n) is 11.0. The predicted molar refractivity (Wildman–Crippen MR) is 135 cm³/mol. The number of hydrogen-bond donors (Lipinski definition) is 1. The van der Waals surface area contributed by atoms with Crippen molar-refractivity contribution in [1.29, 1.82) is 0 Å². The van der Waals surface area contributed by atoms with E-state index >= 15 is 0 Å². The van der Waals surface area contributed by atoms with Gasteiger partial charge < -0.3 is 14.6 Å². The van der Waals surface area contributed by atoms with Gasteiger partial charge in [-0.05, 0) is 30.2 Å². The second-order valence-corrected chi connectivity index (χ2v) is 8.30. The Bertz CT molecular complexity index is 1420. The number of carbonyl (C=O) groups is 1. The normalized spacial score (nSPS) is 10.8. The van der Waals surface area contributed by atoms with Crippen LogP contribution in [0.15, 0.2) is 88.1 Å². The number of non-ortho nitro benzene ring substituents is 1. The molecule has 0 spiro atoms. The summed E-state index contributed by atoms with van der Waals surface area (Å²) in [6, 6.07) is 22.0. The minimum atomic E-state index is -0.554. The molecule has 0 saturated carbocycles. The van der Waals surface area contributed by atoms with Crippen molar-refractivity contribution in [2.45, 2.75) is 13.0 Å². The second kappa shape index (κ2) is 10.8. The van der Waals surface area contributed by atoms with Gasteiger partial charge in [0.05, 0.1) is 21.2 Å². The number of fused-ring (bicyclic) bond motifs is 1. The average molecular weight is 492 g/mol. The predicted octanol–water partition coefficient (Wildman–Crippen LogP) is 5.50. The van der Waals surface area contributed by atoms with E-state index in [-0.39, 0.29) is 22.2 Å². The number of amides is 1. The fraction of sp³-hybridized carbons (Fsp3) is 0.154. The SMILES string of the molecule is O=C(c1ccc([N+](=O)[O-])cc1Cl)N(CCCNc1cc(=O)oc2ccccc12)Cc1ccccc1. The van der Waals surface area contributed by atoms with Gasteiger partial charge >= 0.3 is 5.63 Å². The van der Waals surface area contributed by atoms with E-state index in [1.165, 1.54) is 24.3 Å². The number of anilines is 1. The summed E-state index contributed by atoms with van der Waals surface area (Å²) in [5, 5.41) is 15.1. The van der Waals surface area contributed by atoms with Crippen molar-refractivity contribution in [1.82, 2.24) is 4.90 Å². The third-order valence-electron chi connectivity index (χ3n) is 5.47. The quantitative estimate of drug-likeness (QED) is 0.143. The molecular weight excluding hydrogens is 470 g/mol. The Morgan fingerprint density at radius 3 is 2.51 bits per heavy atom. The highest BCUT2D eigenvalue weighted by atomic mass is 35.5. The van der Waals surface area contributed by atoms with E-state index in [2.05, 4.69) is 5.32 Å². The fourth-order valence-electron chi connectivity index (χ4n) is 3.77. The molecule has 0 atom stereocenters. The van der Waals surface area contributed by atoms with Gasteiger partial charge in [-0.2, -0.15) is 0 Å². The number of nitro groups is 1. The molecule has 0 bridgehead atoms. The molecule has 1 heterocycles. The van der Waals surface area contributed by atoms with Crippen molar-refractivity contribution < 1.29 is 14.1 Å². The lowest BCUT2D eigenvalue weighted by Gasteiger charge is -2.24. The standard InChI is InChI=1S/C26H22ClN3O5/c27-22-15-19(30(33)34)11-12-20(22)26(32)29(17-18-7-2-1-3-8-18)14-6-13-28-23-16-25(31)35-24-10-5-4-9-21(23)24/h1-5,7-12,15-16,28H,6,13-14,17H2. The Labute approximate surface area is 205 Å². The topological polar surface area (TPSA) is 106 Å². The van der Waals surface area contributed by atoms with Crippen LogP contribution in [0.1, 0.15) is 22.3 Å².